The largest absolute Gasteiger partial charge is 0.497 e. The van der Waals surface area contributed by atoms with Crippen LogP contribution in [0.25, 0.3) is 0 Å². The molecule has 5 heteroatoms. The topological polar surface area (TPSA) is 70.8 Å². The maximum atomic E-state index is 11.6. The fourth-order valence-electron chi connectivity index (χ4n) is 2.19. The summed E-state index contributed by atoms with van der Waals surface area (Å²) in [4.78, 5) is 11.6. The molecule has 0 saturated heterocycles. The highest BCUT2D eigenvalue weighted by Gasteiger charge is 2.59. The summed E-state index contributed by atoms with van der Waals surface area (Å²) in [6, 6.07) is 5.46. The lowest BCUT2D eigenvalue weighted by molar-refractivity contribution is -0.143. The minimum atomic E-state index is -0.936. The molecule has 98 valence electrons. The molecule has 2 rings (SSSR count). The standard InChI is InChI=1S/C13H17NO4/c1-16-8-4-5-11(17-2)9(6-8)10-7-13(10,14)12(15)18-3/h4-6,10H,7,14H2,1-3H3. The van der Waals surface area contributed by atoms with Crippen molar-refractivity contribution >= 4 is 5.97 Å². The van der Waals surface area contributed by atoms with Crippen molar-refractivity contribution in [2.75, 3.05) is 21.3 Å². The molecule has 0 radical (unpaired) electrons. The Hall–Kier alpha value is -1.75. The van der Waals surface area contributed by atoms with Crippen molar-refractivity contribution in [2.45, 2.75) is 17.9 Å². The van der Waals surface area contributed by atoms with E-state index in [2.05, 4.69) is 0 Å². The monoisotopic (exact) mass is 251 g/mol. The van der Waals surface area contributed by atoms with E-state index in [1.54, 1.807) is 20.3 Å². The SMILES string of the molecule is COC(=O)C1(N)CC1c1cc(OC)ccc1OC. The smallest absolute Gasteiger partial charge is 0.326 e. The molecule has 1 aromatic rings. The molecule has 5 nitrogen and oxygen atoms in total. The summed E-state index contributed by atoms with van der Waals surface area (Å²) in [5, 5.41) is 0. The van der Waals surface area contributed by atoms with Gasteiger partial charge in [0.15, 0.2) is 0 Å². The molecule has 2 atom stereocenters. The molecule has 1 saturated carbocycles. The number of ether oxygens (including phenoxy) is 3. The first-order chi connectivity index (χ1) is 8.56. The Balaban J connectivity index is 2.32. The molecule has 2 N–H and O–H groups in total. The fourth-order valence-corrected chi connectivity index (χ4v) is 2.19. The molecule has 1 aliphatic rings. The van der Waals surface area contributed by atoms with Gasteiger partial charge in [-0.05, 0) is 24.6 Å². The van der Waals surface area contributed by atoms with Crippen LogP contribution in [-0.2, 0) is 9.53 Å². The minimum absolute atomic E-state index is 0.0880. The molecule has 1 fully saturated rings. The lowest BCUT2D eigenvalue weighted by atomic mass is 10.0. The summed E-state index contributed by atoms with van der Waals surface area (Å²) in [5.41, 5.74) is 5.96. The predicted octanol–water partition coefficient (Wildman–Crippen LogP) is 1.06. The lowest BCUT2D eigenvalue weighted by Gasteiger charge is -2.13. The second-order valence-corrected chi connectivity index (χ2v) is 4.40. The zero-order chi connectivity index (χ0) is 13.3. The second kappa shape index (κ2) is 4.49. The van der Waals surface area contributed by atoms with Gasteiger partial charge in [0.1, 0.15) is 17.0 Å². The van der Waals surface area contributed by atoms with Gasteiger partial charge in [-0.15, -0.1) is 0 Å². The molecule has 0 amide bonds. The van der Waals surface area contributed by atoms with Crippen molar-refractivity contribution in [1.82, 2.24) is 0 Å². The molecule has 0 heterocycles. The van der Waals surface area contributed by atoms with E-state index in [-0.39, 0.29) is 5.92 Å². The van der Waals surface area contributed by atoms with Crippen LogP contribution in [0.1, 0.15) is 17.9 Å². The van der Waals surface area contributed by atoms with E-state index < -0.39 is 11.5 Å². The van der Waals surface area contributed by atoms with Crippen molar-refractivity contribution in [1.29, 1.82) is 0 Å². The van der Waals surface area contributed by atoms with Crippen LogP contribution in [0.4, 0.5) is 0 Å². The number of rotatable bonds is 4. The summed E-state index contributed by atoms with van der Waals surface area (Å²) in [7, 11) is 4.52. The molecule has 0 spiro atoms. The Morgan fingerprint density at radius 3 is 2.61 bits per heavy atom. The van der Waals surface area contributed by atoms with Crippen LogP contribution in [0.15, 0.2) is 18.2 Å². The summed E-state index contributed by atoms with van der Waals surface area (Å²) < 4.78 is 15.2. The summed E-state index contributed by atoms with van der Waals surface area (Å²) in [6.45, 7) is 0. The van der Waals surface area contributed by atoms with Gasteiger partial charge in [-0.2, -0.15) is 0 Å². The predicted molar refractivity (Wildman–Crippen MR) is 65.8 cm³/mol. The second-order valence-electron chi connectivity index (χ2n) is 4.40. The summed E-state index contributed by atoms with van der Waals surface area (Å²) >= 11 is 0. The van der Waals surface area contributed by atoms with Crippen molar-refractivity contribution in [2.24, 2.45) is 5.73 Å². The Kier molecular flexibility index (Phi) is 3.17. The molecule has 0 aromatic heterocycles. The summed E-state index contributed by atoms with van der Waals surface area (Å²) in [6.07, 6.45) is 0.559. The average Bonchev–Trinajstić information content (AvgIpc) is 3.10. The Labute approximate surface area is 106 Å². The van der Waals surface area contributed by atoms with Crippen LogP contribution in [0.5, 0.6) is 11.5 Å². The van der Waals surface area contributed by atoms with Crippen LogP contribution in [0.3, 0.4) is 0 Å². The zero-order valence-electron chi connectivity index (χ0n) is 10.7. The van der Waals surface area contributed by atoms with E-state index in [0.29, 0.717) is 17.9 Å². The molecule has 2 unspecified atom stereocenters. The highest BCUT2D eigenvalue weighted by atomic mass is 16.5. The Bertz CT molecular complexity index is 474. The number of esters is 1. The van der Waals surface area contributed by atoms with Crippen LogP contribution in [0, 0.1) is 0 Å². The normalized spacial score (nSPS) is 25.4. The van der Waals surface area contributed by atoms with E-state index in [1.165, 1.54) is 7.11 Å². The van der Waals surface area contributed by atoms with Gasteiger partial charge in [0.25, 0.3) is 0 Å². The van der Waals surface area contributed by atoms with Gasteiger partial charge in [0.05, 0.1) is 21.3 Å². The van der Waals surface area contributed by atoms with Gasteiger partial charge < -0.3 is 19.9 Å². The van der Waals surface area contributed by atoms with Gasteiger partial charge in [-0.25, -0.2) is 0 Å². The van der Waals surface area contributed by atoms with E-state index in [9.17, 15) is 4.79 Å². The highest BCUT2D eigenvalue weighted by molar-refractivity contribution is 5.87. The van der Waals surface area contributed by atoms with E-state index in [4.69, 9.17) is 19.9 Å². The van der Waals surface area contributed by atoms with E-state index in [1.807, 2.05) is 12.1 Å². The zero-order valence-corrected chi connectivity index (χ0v) is 10.7. The van der Waals surface area contributed by atoms with Crippen LogP contribution in [-0.4, -0.2) is 32.8 Å². The van der Waals surface area contributed by atoms with Gasteiger partial charge in [0, 0.05) is 11.5 Å². The van der Waals surface area contributed by atoms with Crippen molar-refractivity contribution < 1.29 is 19.0 Å². The molecule has 18 heavy (non-hydrogen) atoms. The number of methoxy groups -OCH3 is 3. The number of carbonyl (C=O) groups excluding carboxylic acids is 1. The molecule has 0 aliphatic heterocycles. The number of carbonyl (C=O) groups is 1. The highest BCUT2D eigenvalue weighted by Crippen LogP contribution is 2.53. The fraction of sp³-hybridized carbons (Fsp3) is 0.462. The third-order valence-electron chi connectivity index (χ3n) is 3.38. The number of nitrogens with two attached hydrogens (primary N) is 1. The minimum Gasteiger partial charge on any atom is -0.497 e. The maximum absolute atomic E-state index is 11.6. The molecule has 0 bridgehead atoms. The van der Waals surface area contributed by atoms with Gasteiger partial charge in [-0.1, -0.05) is 0 Å². The van der Waals surface area contributed by atoms with Gasteiger partial charge in [-0.3, -0.25) is 4.79 Å². The van der Waals surface area contributed by atoms with E-state index >= 15 is 0 Å². The molecular formula is C13H17NO4. The average molecular weight is 251 g/mol. The van der Waals surface area contributed by atoms with Crippen LogP contribution in [0.2, 0.25) is 0 Å². The van der Waals surface area contributed by atoms with Crippen molar-refractivity contribution in [3.63, 3.8) is 0 Å². The number of benzene rings is 1. The quantitative estimate of drug-likeness (QED) is 0.810. The Morgan fingerprint density at radius 1 is 1.33 bits per heavy atom. The first-order valence-corrected chi connectivity index (χ1v) is 5.66. The third-order valence-corrected chi connectivity index (χ3v) is 3.38. The Morgan fingerprint density at radius 2 is 2.06 bits per heavy atom. The molecule has 1 aromatic carbocycles. The number of hydrogen-bond donors (Lipinski definition) is 1. The first kappa shape index (κ1) is 12.7. The summed E-state index contributed by atoms with van der Waals surface area (Å²) in [5.74, 6) is 0.939. The molecular weight excluding hydrogens is 234 g/mol. The van der Waals surface area contributed by atoms with Gasteiger partial charge in [0.2, 0.25) is 0 Å². The first-order valence-electron chi connectivity index (χ1n) is 5.66. The third kappa shape index (κ3) is 1.90. The van der Waals surface area contributed by atoms with Crippen molar-refractivity contribution in [3.8, 4) is 11.5 Å². The lowest BCUT2D eigenvalue weighted by Crippen LogP contribution is -2.36. The van der Waals surface area contributed by atoms with Crippen molar-refractivity contribution in [3.05, 3.63) is 23.8 Å². The molecule has 1 aliphatic carbocycles. The maximum Gasteiger partial charge on any atom is 0.326 e. The van der Waals surface area contributed by atoms with Crippen LogP contribution < -0.4 is 15.2 Å². The van der Waals surface area contributed by atoms with Crippen LogP contribution >= 0.6 is 0 Å². The number of hydrogen-bond acceptors (Lipinski definition) is 5. The van der Waals surface area contributed by atoms with Gasteiger partial charge >= 0.3 is 5.97 Å². The van der Waals surface area contributed by atoms with E-state index in [0.717, 1.165) is 5.56 Å².